The van der Waals surface area contributed by atoms with E-state index in [2.05, 4.69) is 20.3 Å². The third-order valence-electron chi connectivity index (χ3n) is 3.29. The second kappa shape index (κ2) is 5.93. The van der Waals surface area contributed by atoms with Crippen molar-refractivity contribution in [2.24, 2.45) is 0 Å². The quantitative estimate of drug-likeness (QED) is 0.793. The highest BCUT2D eigenvalue weighted by molar-refractivity contribution is 5.78. The molecule has 112 valence electrons. The molecule has 0 atom stereocenters. The number of aromatic nitrogens is 4. The third kappa shape index (κ3) is 3.28. The smallest absolute Gasteiger partial charge is 0.224 e. The van der Waals surface area contributed by atoms with Gasteiger partial charge in [-0.3, -0.25) is 14.8 Å². The number of aryl methyl sites for hydroxylation is 2. The molecule has 0 radical (unpaired) electrons. The lowest BCUT2D eigenvalue weighted by atomic mass is 10.1. The zero-order chi connectivity index (χ0) is 15.5. The first-order chi connectivity index (χ1) is 10.6. The number of nitrogens with zero attached hydrogens (tertiary/aromatic N) is 4. The summed E-state index contributed by atoms with van der Waals surface area (Å²) in [5, 5.41) is 2.89. The van der Waals surface area contributed by atoms with Gasteiger partial charge in [-0.1, -0.05) is 0 Å². The van der Waals surface area contributed by atoms with Crippen LogP contribution < -0.4 is 5.32 Å². The Balaban J connectivity index is 1.62. The fourth-order valence-corrected chi connectivity index (χ4v) is 2.44. The maximum atomic E-state index is 12.0. The number of hydrogen-bond acceptors (Lipinski definition) is 4. The van der Waals surface area contributed by atoms with Gasteiger partial charge >= 0.3 is 0 Å². The maximum absolute atomic E-state index is 12.0. The molecule has 0 unspecified atom stereocenters. The standard InChI is InChI=1S/C16H17N5O/c1-11-5-13(6-12(2)19-11)7-16(22)18-8-14-10-21-4-3-17-9-15(21)20-14/h3-6,9-10H,7-8H2,1-2H3,(H,18,22). The van der Waals surface area contributed by atoms with Gasteiger partial charge in [0.2, 0.25) is 5.91 Å². The van der Waals surface area contributed by atoms with Gasteiger partial charge in [0.05, 0.1) is 24.9 Å². The van der Waals surface area contributed by atoms with E-state index in [9.17, 15) is 4.79 Å². The molecule has 1 N–H and O–H groups in total. The van der Waals surface area contributed by atoms with Crippen LogP contribution in [-0.4, -0.2) is 25.3 Å². The average Bonchev–Trinajstić information content (AvgIpc) is 2.87. The molecule has 0 fully saturated rings. The summed E-state index contributed by atoms with van der Waals surface area (Å²) in [6.07, 6.45) is 7.45. The van der Waals surface area contributed by atoms with Gasteiger partial charge in [-0.2, -0.15) is 0 Å². The molecular weight excluding hydrogens is 278 g/mol. The van der Waals surface area contributed by atoms with Crippen LogP contribution in [0.2, 0.25) is 0 Å². The van der Waals surface area contributed by atoms with Gasteiger partial charge in [0.15, 0.2) is 5.65 Å². The molecule has 0 saturated heterocycles. The highest BCUT2D eigenvalue weighted by Gasteiger charge is 2.07. The second-order valence-electron chi connectivity index (χ2n) is 5.29. The molecule has 0 aliphatic rings. The van der Waals surface area contributed by atoms with Gasteiger partial charge in [-0.25, -0.2) is 4.98 Å². The first-order valence-corrected chi connectivity index (χ1v) is 7.08. The molecule has 3 heterocycles. The number of fused-ring (bicyclic) bond motifs is 1. The molecule has 22 heavy (non-hydrogen) atoms. The molecule has 0 saturated carbocycles. The van der Waals surface area contributed by atoms with Crippen molar-refractivity contribution >= 4 is 11.6 Å². The SMILES string of the molecule is Cc1cc(CC(=O)NCc2cn3ccncc3n2)cc(C)n1. The Kier molecular flexibility index (Phi) is 3.82. The summed E-state index contributed by atoms with van der Waals surface area (Å²) < 4.78 is 1.88. The van der Waals surface area contributed by atoms with Crippen molar-refractivity contribution in [2.45, 2.75) is 26.8 Å². The minimum Gasteiger partial charge on any atom is -0.350 e. The van der Waals surface area contributed by atoms with E-state index in [1.165, 1.54) is 0 Å². The van der Waals surface area contributed by atoms with Crippen molar-refractivity contribution in [2.75, 3.05) is 0 Å². The molecule has 0 aliphatic heterocycles. The zero-order valence-corrected chi connectivity index (χ0v) is 12.6. The van der Waals surface area contributed by atoms with Crippen LogP contribution >= 0.6 is 0 Å². The van der Waals surface area contributed by atoms with Gasteiger partial charge in [0, 0.05) is 30.0 Å². The van der Waals surface area contributed by atoms with E-state index in [1.54, 1.807) is 12.4 Å². The van der Waals surface area contributed by atoms with Crippen molar-refractivity contribution in [3.05, 3.63) is 59.6 Å². The molecule has 3 aromatic heterocycles. The van der Waals surface area contributed by atoms with E-state index < -0.39 is 0 Å². The Morgan fingerprint density at radius 1 is 1.23 bits per heavy atom. The van der Waals surface area contributed by atoms with Crippen LogP contribution in [0.25, 0.3) is 5.65 Å². The average molecular weight is 295 g/mol. The van der Waals surface area contributed by atoms with Gasteiger partial charge in [0.1, 0.15) is 0 Å². The normalized spacial score (nSPS) is 10.8. The summed E-state index contributed by atoms with van der Waals surface area (Å²) in [6, 6.07) is 3.87. The Labute approximate surface area is 128 Å². The highest BCUT2D eigenvalue weighted by Crippen LogP contribution is 2.06. The predicted molar refractivity (Wildman–Crippen MR) is 82.2 cm³/mol. The number of rotatable bonds is 4. The monoisotopic (exact) mass is 295 g/mol. The number of hydrogen-bond donors (Lipinski definition) is 1. The van der Waals surface area contributed by atoms with Crippen molar-refractivity contribution in [1.29, 1.82) is 0 Å². The van der Waals surface area contributed by atoms with Crippen molar-refractivity contribution < 1.29 is 4.79 Å². The molecule has 0 aromatic carbocycles. The van der Waals surface area contributed by atoms with Gasteiger partial charge in [-0.05, 0) is 31.5 Å². The summed E-state index contributed by atoms with van der Waals surface area (Å²) in [5.74, 6) is -0.0276. The highest BCUT2D eigenvalue weighted by atomic mass is 16.1. The van der Waals surface area contributed by atoms with E-state index in [1.807, 2.05) is 42.8 Å². The number of amides is 1. The first kappa shape index (κ1) is 14.2. The van der Waals surface area contributed by atoms with Gasteiger partial charge in [0.25, 0.3) is 0 Å². The zero-order valence-electron chi connectivity index (χ0n) is 12.6. The van der Waals surface area contributed by atoms with E-state index in [0.717, 1.165) is 28.3 Å². The number of nitrogens with one attached hydrogen (secondary N) is 1. The van der Waals surface area contributed by atoms with Crippen molar-refractivity contribution in [3.63, 3.8) is 0 Å². The van der Waals surface area contributed by atoms with Crippen LogP contribution in [0.1, 0.15) is 22.6 Å². The van der Waals surface area contributed by atoms with Crippen molar-refractivity contribution in [3.8, 4) is 0 Å². The first-order valence-electron chi connectivity index (χ1n) is 7.08. The summed E-state index contributed by atoms with van der Waals surface area (Å²) in [5.41, 5.74) is 4.41. The molecule has 3 aromatic rings. The minimum absolute atomic E-state index is 0.0276. The lowest BCUT2D eigenvalue weighted by molar-refractivity contribution is -0.120. The third-order valence-corrected chi connectivity index (χ3v) is 3.29. The fourth-order valence-electron chi connectivity index (χ4n) is 2.44. The molecule has 1 amide bonds. The van der Waals surface area contributed by atoms with Crippen LogP contribution in [0.5, 0.6) is 0 Å². The number of pyridine rings is 1. The second-order valence-corrected chi connectivity index (χ2v) is 5.29. The molecule has 3 rings (SSSR count). The van der Waals surface area contributed by atoms with Crippen LogP contribution in [0, 0.1) is 13.8 Å². The Hall–Kier alpha value is -2.76. The molecule has 0 bridgehead atoms. The van der Waals surface area contributed by atoms with E-state index >= 15 is 0 Å². The molecular formula is C16H17N5O. The number of imidazole rings is 1. The molecule has 6 nitrogen and oxygen atoms in total. The summed E-state index contributed by atoms with van der Waals surface area (Å²) in [4.78, 5) is 24.8. The molecule has 0 spiro atoms. The van der Waals surface area contributed by atoms with Crippen LogP contribution in [0.3, 0.4) is 0 Å². The molecule has 0 aliphatic carbocycles. The Morgan fingerprint density at radius 2 is 2.00 bits per heavy atom. The lowest BCUT2D eigenvalue weighted by Crippen LogP contribution is -2.24. The van der Waals surface area contributed by atoms with Crippen LogP contribution in [0.15, 0.2) is 36.9 Å². The topological polar surface area (TPSA) is 72.2 Å². The Morgan fingerprint density at radius 3 is 2.73 bits per heavy atom. The van der Waals surface area contributed by atoms with E-state index in [0.29, 0.717) is 13.0 Å². The Bertz CT molecular complexity index is 771. The summed E-state index contributed by atoms with van der Waals surface area (Å²) >= 11 is 0. The largest absolute Gasteiger partial charge is 0.350 e. The minimum atomic E-state index is -0.0276. The van der Waals surface area contributed by atoms with Gasteiger partial charge in [-0.15, -0.1) is 0 Å². The number of carbonyl (C=O) groups excluding carboxylic acids is 1. The summed E-state index contributed by atoms with van der Waals surface area (Å²) in [6.45, 7) is 4.27. The van der Waals surface area contributed by atoms with Gasteiger partial charge < -0.3 is 9.72 Å². The lowest BCUT2D eigenvalue weighted by Gasteiger charge is -2.05. The van der Waals surface area contributed by atoms with Crippen molar-refractivity contribution in [1.82, 2.24) is 24.7 Å². The predicted octanol–water partition coefficient (Wildman–Crippen LogP) is 1.60. The maximum Gasteiger partial charge on any atom is 0.224 e. The van der Waals surface area contributed by atoms with Crippen LogP contribution in [-0.2, 0) is 17.8 Å². The number of carbonyl (C=O) groups is 1. The van der Waals surface area contributed by atoms with Crippen LogP contribution in [0.4, 0.5) is 0 Å². The summed E-state index contributed by atoms with van der Waals surface area (Å²) in [7, 11) is 0. The van der Waals surface area contributed by atoms with E-state index in [4.69, 9.17) is 0 Å². The fraction of sp³-hybridized carbons (Fsp3) is 0.250. The van der Waals surface area contributed by atoms with E-state index in [-0.39, 0.29) is 5.91 Å². The molecule has 6 heteroatoms.